The van der Waals surface area contributed by atoms with Gasteiger partial charge in [0.15, 0.2) is 0 Å². The van der Waals surface area contributed by atoms with Gasteiger partial charge >= 0.3 is 0 Å². The fraction of sp³-hybridized carbons (Fsp3) is 0.300. The number of halogens is 1. The number of rotatable bonds is 10. The summed E-state index contributed by atoms with van der Waals surface area (Å²) in [6, 6.07) is 21.6. The van der Waals surface area contributed by atoms with Crippen LogP contribution in [0, 0.1) is 0 Å². The topological polar surface area (TPSA) is 67.2 Å². The van der Waals surface area contributed by atoms with E-state index in [2.05, 4.69) is 18.3 Å². The number of thioether (sulfide) groups is 1. The second-order valence-electron chi connectivity index (χ2n) is 9.41. The number of hydrogen-bond acceptors (Lipinski definition) is 5. The Kier molecular flexibility index (Phi) is 9.06. The van der Waals surface area contributed by atoms with E-state index in [9.17, 15) is 9.59 Å². The van der Waals surface area contributed by atoms with Gasteiger partial charge in [0.1, 0.15) is 12.4 Å². The van der Waals surface area contributed by atoms with Crippen molar-refractivity contribution in [2.75, 3.05) is 23.7 Å². The number of anilines is 1. The van der Waals surface area contributed by atoms with Gasteiger partial charge in [0.2, 0.25) is 11.8 Å². The Morgan fingerprint density at radius 1 is 1.05 bits per heavy atom. The van der Waals surface area contributed by atoms with E-state index in [1.165, 1.54) is 0 Å². The first-order valence-corrected chi connectivity index (χ1v) is 15.5. The van der Waals surface area contributed by atoms with E-state index in [1.54, 1.807) is 32.7 Å². The van der Waals surface area contributed by atoms with Crippen molar-refractivity contribution >= 4 is 52.3 Å². The molecule has 1 unspecified atom stereocenters. The summed E-state index contributed by atoms with van der Waals surface area (Å²) in [5.41, 5.74) is 3.29. The van der Waals surface area contributed by atoms with Crippen LogP contribution in [0.1, 0.15) is 48.3 Å². The number of fused-ring (bicyclic) bond motifs is 1. The smallest absolute Gasteiger partial charge is 0.240 e. The van der Waals surface area contributed by atoms with Crippen LogP contribution in [0.2, 0.25) is 5.02 Å². The number of unbranched alkanes of at least 4 members (excludes halogenated alkanes) is 3. The van der Waals surface area contributed by atoms with E-state index in [0.29, 0.717) is 23.1 Å². The average Bonchev–Trinajstić information content (AvgIpc) is 3.59. The molecule has 2 aromatic heterocycles. The summed E-state index contributed by atoms with van der Waals surface area (Å²) in [7, 11) is 0. The normalized spacial score (nSPS) is 15.2. The molecule has 0 saturated heterocycles. The van der Waals surface area contributed by atoms with Crippen molar-refractivity contribution in [2.45, 2.75) is 37.9 Å². The number of aromatic nitrogens is 2. The van der Waals surface area contributed by atoms with Crippen LogP contribution in [0.4, 0.5) is 5.82 Å². The molecule has 9 heteroatoms. The number of hydrogen-bond donors (Lipinski definition) is 1. The molecule has 2 amide bonds. The largest absolute Gasteiger partial charge is 0.355 e. The minimum absolute atomic E-state index is 0.0816. The van der Waals surface area contributed by atoms with E-state index < -0.39 is 0 Å². The number of nitrogens with zero attached hydrogens (tertiary/aromatic N) is 3. The third kappa shape index (κ3) is 6.08. The summed E-state index contributed by atoms with van der Waals surface area (Å²) >= 11 is 9.91. The third-order valence-electron chi connectivity index (χ3n) is 6.67. The molecule has 0 bridgehead atoms. The lowest BCUT2D eigenvalue weighted by molar-refractivity contribution is -0.122. The molecular formula is C30H31ClN4O2S2. The highest BCUT2D eigenvalue weighted by Crippen LogP contribution is 2.49. The highest BCUT2D eigenvalue weighted by molar-refractivity contribution is 8.00. The molecule has 2 aromatic carbocycles. The van der Waals surface area contributed by atoms with Crippen LogP contribution in [-0.2, 0) is 9.59 Å². The van der Waals surface area contributed by atoms with Crippen LogP contribution >= 0.6 is 34.7 Å². The van der Waals surface area contributed by atoms with Crippen LogP contribution in [0.5, 0.6) is 0 Å². The molecule has 0 radical (unpaired) electrons. The molecule has 0 saturated carbocycles. The summed E-state index contributed by atoms with van der Waals surface area (Å²) in [6.45, 7) is 2.68. The van der Waals surface area contributed by atoms with Gasteiger partial charge < -0.3 is 5.32 Å². The fourth-order valence-corrected chi connectivity index (χ4v) is 7.16. The molecule has 39 heavy (non-hydrogen) atoms. The molecule has 0 fully saturated rings. The van der Waals surface area contributed by atoms with Crippen molar-refractivity contribution in [1.82, 2.24) is 15.1 Å². The average molecular weight is 579 g/mol. The predicted octanol–water partition coefficient (Wildman–Crippen LogP) is 7.12. The van der Waals surface area contributed by atoms with Crippen molar-refractivity contribution in [3.8, 4) is 16.9 Å². The molecule has 6 nitrogen and oxygen atoms in total. The summed E-state index contributed by atoms with van der Waals surface area (Å²) in [5.74, 6) is 0.530. The molecule has 5 rings (SSSR count). The van der Waals surface area contributed by atoms with Crippen molar-refractivity contribution in [3.63, 3.8) is 0 Å². The van der Waals surface area contributed by atoms with Gasteiger partial charge in [-0.05, 0) is 30.0 Å². The molecule has 1 aliphatic heterocycles. The quantitative estimate of drug-likeness (QED) is 0.203. The minimum atomic E-state index is -0.182. The number of para-hydroxylation sites is 1. The lowest BCUT2D eigenvalue weighted by Crippen LogP contribution is -2.42. The van der Waals surface area contributed by atoms with Gasteiger partial charge in [-0.15, -0.1) is 23.1 Å². The minimum Gasteiger partial charge on any atom is -0.355 e. The van der Waals surface area contributed by atoms with Gasteiger partial charge in [0.25, 0.3) is 0 Å². The maximum absolute atomic E-state index is 13.7. The summed E-state index contributed by atoms with van der Waals surface area (Å²) in [4.78, 5) is 29.6. The third-order valence-corrected chi connectivity index (χ3v) is 9.32. The zero-order valence-electron chi connectivity index (χ0n) is 21.8. The Hall–Kier alpha value is -3.07. The fourth-order valence-electron chi connectivity index (χ4n) is 4.76. The number of benzene rings is 2. The highest BCUT2D eigenvalue weighted by atomic mass is 35.5. The predicted molar refractivity (Wildman–Crippen MR) is 162 cm³/mol. The number of thiophene rings is 1. The van der Waals surface area contributed by atoms with E-state index in [0.717, 1.165) is 47.4 Å². The number of amides is 2. The zero-order chi connectivity index (χ0) is 27.2. The summed E-state index contributed by atoms with van der Waals surface area (Å²) in [6.07, 6.45) is 4.27. The molecule has 202 valence electrons. The molecule has 1 atom stereocenters. The monoisotopic (exact) mass is 578 g/mol. The number of carbonyl (C=O) groups excluding carboxylic acids is 2. The van der Waals surface area contributed by atoms with E-state index in [-0.39, 0.29) is 29.4 Å². The van der Waals surface area contributed by atoms with Crippen LogP contribution in [0.15, 0.2) is 72.1 Å². The Bertz CT molecular complexity index is 1420. The first-order chi connectivity index (χ1) is 19.1. The molecule has 1 N–H and O–H groups in total. The van der Waals surface area contributed by atoms with Crippen LogP contribution in [-0.4, -0.2) is 40.4 Å². The first kappa shape index (κ1) is 27.5. The lowest BCUT2D eigenvalue weighted by atomic mass is 10.0. The Morgan fingerprint density at radius 3 is 2.59 bits per heavy atom. The van der Waals surface area contributed by atoms with Crippen molar-refractivity contribution in [3.05, 3.63) is 87.6 Å². The Morgan fingerprint density at radius 2 is 1.85 bits per heavy atom. The van der Waals surface area contributed by atoms with E-state index in [1.807, 2.05) is 66.0 Å². The van der Waals surface area contributed by atoms with Gasteiger partial charge in [0.05, 0.1) is 27.4 Å². The maximum atomic E-state index is 13.7. The van der Waals surface area contributed by atoms with Crippen molar-refractivity contribution < 1.29 is 9.59 Å². The van der Waals surface area contributed by atoms with Gasteiger partial charge in [-0.25, -0.2) is 4.68 Å². The number of carbonyl (C=O) groups is 2. The van der Waals surface area contributed by atoms with Crippen LogP contribution in [0.3, 0.4) is 0 Å². The lowest BCUT2D eigenvalue weighted by Gasteiger charge is -2.23. The van der Waals surface area contributed by atoms with E-state index >= 15 is 0 Å². The molecule has 1 aliphatic rings. The van der Waals surface area contributed by atoms with Crippen LogP contribution in [0.25, 0.3) is 16.9 Å². The van der Waals surface area contributed by atoms with Crippen molar-refractivity contribution in [1.29, 1.82) is 0 Å². The maximum Gasteiger partial charge on any atom is 0.240 e. The first-order valence-electron chi connectivity index (χ1n) is 13.2. The molecule has 0 spiro atoms. The van der Waals surface area contributed by atoms with Gasteiger partial charge in [-0.2, -0.15) is 5.10 Å². The highest BCUT2D eigenvalue weighted by Gasteiger charge is 2.38. The van der Waals surface area contributed by atoms with Gasteiger partial charge in [-0.1, -0.05) is 86.3 Å². The summed E-state index contributed by atoms with van der Waals surface area (Å²) < 4.78 is 1.75. The Balaban J connectivity index is 1.65. The SMILES string of the molecule is CCCCCCNC(=O)CN1C(=O)CSC(c2cccs2)c2c(-c3ccccc3)nn(-c3ccccc3Cl)c21. The van der Waals surface area contributed by atoms with Gasteiger partial charge in [0, 0.05) is 22.5 Å². The summed E-state index contributed by atoms with van der Waals surface area (Å²) in [5, 5.41) is 10.5. The molecule has 0 aliphatic carbocycles. The van der Waals surface area contributed by atoms with E-state index in [4.69, 9.17) is 16.7 Å². The van der Waals surface area contributed by atoms with Crippen molar-refractivity contribution in [2.24, 2.45) is 0 Å². The standard InChI is InChI=1S/C30H31ClN4O2S2/c1-2-3-4-10-17-32-25(36)19-34-26(37)20-39-29(24-16-11-18-38-24)27-28(21-12-6-5-7-13-21)33-35(30(27)34)23-15-9-8-14-22(23)31/h5-9,11-16,18,29H,2-4,10,17,19-20H2,1H3,(H,32,36). The second-order valence-corrected chi connectivity index (χ2v) is 11.9. The molecular weight excluding hydrogens is 548 g/mol. The molecule has 4 aromatic rings. The van der Waals surface area contributed by atoms with Gasteiger partial charge in [-0.3, -0.25) is 14.5 Å². The molecule has 3 heterocycles. The van der Waals surface area contributed by atoms with Crippen LogP contribution < -0.4 is 10.2 Å². The number of nitrogens with one attached hydrogen (secondary N) is 1. The zero-order valence-corrected chi connectivity index (χ0v) is 24.2. The Labute approximate surface area is 242 Å². The second kappa shape index (κ2) is 12.9.